The van der Waals surface area contributed by atoms with Gasteiger partial charge in [0.2, 0.25) is 5.90 Å². The normalized spacial score (nSPS) is 15.2. The van der Waals surface area contributed by atoms with E-state index >= 15 is 0 Å². The molecular weight excluding hydrogens is 313 g/mol. The third kappa shape index (κ3) is 3.27. The van der Waals surface area contributed by atoms with Crippen molar-refractivity contribution in [1.29, 1.82) is 0 Å². The van der Waals surface area contributed by atoms with Gasteiger partial charge in [0.05, 0.1) is 14.2 Å². The highest BCUT2D eigenvalue weighted by atomic mass is 19.1. The molecule has 1 aliphatic rings. The number of nitrogens with zero attached hydrogens (tertiary/aromatic N) is 1. The molecule has 1 heterocycles. The van der Waals surface area contributed by atoms with Crippen LogP contribution in [0.15, 0.2) is 53.2 Å². The average molecular weight is 327 g/mol. The third-order valence-corrected chi connectivity index (χ3v) is 3.37. The summed E-state index contributed by atoms with van der Waals surface area (Å²) in [6.07, 6.45) is 1.47. The molecule has 0 spiro atoms. The van der Waals surface area contributed by atoms with Crippen LogP contribution in [0.3, 0.4) is 0 Å². The molecule has 5 nitrogen and oxygen atoms in total. The molecule has 6 heteroatoms. The second-order valence-electron chi connectivity index (χ2n) is 4.99. The maximum absolute atomic E-state index is 13.2. The van der Waals surface area contributed by atoms with Crippen LogP contribution in [0, 0.1) is 5.82 Å². The number of carbonyl (C=O) groups excluding carboxylic acids is 1. The van der Waals surface area contributed by atoms with Gasteiger partial charge in [-0.3, -0.25) is 0 Å². The summed E-state index contributed by atoms with van der Waals surface area (Å²) in [7, 11) is 3.05. The lowest BCUT2D eigenvalue weighted by atomic mass is 10.2. The molecule has 24 heavy (non-hydrogen) atoms. The predicted octanol–water partition coefficient (Wildman–Crippen LogP) is 3.19. The SMILES string of the molecule is COc1cc(OC)cc(C2=N/C(=C/c3cccc(F)c3)C(=O)O2)c1. The van der Waals surface area contributed by atoms with Crippen molar-refractivity contribution in [2.45, 2.75) is 0 Å². The van der Waals surface area contributed by atoms with Crippen LogP contribution < -0.4 is 9.47 Å². The zero-order valence-corrected chi connectivity index (χ0v) is 13.1. The number of hydrogen-bond acceptors (Lipinski definition) is 5. The number of hydrogen-bond donors (Lipinski definition) is 0. The van der Waals surface area contributed by atoms with Crippen molar-refractivity contribution < 1.29 is 23.4 Å². The fourth-order valence-corrected chi connectivity index (χ4v) is 2.22. The van der Waals surface area contributed by atoms with Gasteiger partial charge in [0.15, 0.2) is 5.70 Å². The van der Waals surface area contributed by atoms with Crippen LogP contribution in [0.25, 0.3) is 6.08 Å². The molecule has 0 saturated heterocycles. The minimum absolute atomic E-state index is 0.0948. The van der Waals surface area contributed by atoms with Crippen LogP contribution in [-0.2, 0) is 9.53 Å². The van der Waals surface area contributed by atoms with Gasteiger partial charge >= 0.3 is 5.97 Å². The summed E-state index contributed by atoms with van der Waals surface area (Å²) >= 11 is 0. The van der Waals surface area contributed by atoms with Crippen LogP contribution in [0.5, 0.6) is 11.5 Å². The number of methoxy groups -OCH3 is 2. The Labute approximate surface area is 138 Å². The highest BCUT2D eigenvalue weighted by Crippen LogP contribution is 2.26. The average Bonchev–Trinajstić information content (AvgIpc) is 2.95. The second kappa shape index (κ2) is 6.54. The van der Waals surface area contributed by atoms with E-state index in [2.05, 4.69) is 4.99 Å². The van der Waals surface area contributed by atoms with Crippen LogP contribution in [0.2, 0.25) is 0 Å². The molecule has 122 valence electrons. The monoisotopic (exact) mass is 327 g/mol. The van der Waals surface area contributed by atoms with E-state index in [9.17, 15) is 9.18 Å². The molecule has 0 aliphatic carbocycles. The van der Waals surface area contributed by atoms with Crippen molar-refractivity contribution in [2.75, 3.05) is 14.2 Å². The molecule has 0 amide bonds. The molecule has 0 N–H and O–H groups in total. The summed E-state index contributed by atoms with van der Waals surface area (Å²) in [6, 6.07) is 10.9. The first-order valence-corrected chi connectivity index (χ1v) is 7.10. The summed E-state index contributed by atoms with van der Waals surface area (Å²) in [5.41, 5.74) is 1.16. The Morgan fingerprint density at radius 3 is 2.42 bits per heavy atom. The Morgan fingerprint density at radius 2 is 1.79 bits per heavy atom. The van der Waals surface area contributed by atoms with Gasteiger partial charge in [0.1, 0.15) is 17.3 Å². The second-order valence-corrected chi connectivity index (χ2v) is 4.99. The topological polar surface area (TPSA) is 57.1 Å². The van der Waals surface area contributed by atoms with E-state index in [4.69, 9.17) is 14.2 Å². The molecule has 0 fully saturated rings. The number of cyclic esters (lactones) is 1. The first-order chi connectivity index (χ1) is 11.6. The van der Waals surface area contributed by atoms with Crippen molar-refractivity contribution >= 4 is 17.9 Å². The van der Waals surface area contributed by atoms with Gasteiger partial charge < -0.3 is 14.2 Å². The maximum atomic E-state index is 13.2. The van der Waals surface area contributed by atoms with Crippen LogP contribution in [0.1, 0.15) is 11.1 Å². The van der Waals surface area contributed by atoms with Crippen LogP contribution in [-0.4, -0.2) is 26.1 Å². The number of esters is 1. The van der Waals surface area contributed by atoms with Crippen molar-refractivity contribution in [3.63, 3.8) is 0 Å². The smallest absolute Gasteiger partial charge is 0.363 e. The van der Waals surface area contributed by atoms with Crippen molar-refractivity contribution in [2.24, 2.45) is 4.99 Å². The Bertz CT molecular complexity index is 836. The van der Waals surface area contributed by atoms with E-state index < -0.39 is 11.8 Å². The number of ether oxygens (including phenoxy) is 3. The summed E-state index contributed by atoms with van der Waals surface area (Å²) in [6.45, 7) is 0. The van der Waals surface area contributed by atoms with E-state index in [1.165, 1.54) is 32.4 Å². The highest BCUT2D eigenvalue weighted by Gasteiger charge is 2.25. The molecule has 2 aromatic carbocycles. The van der Waals surface area contributed by atoms with Gasteiger partial charge in [-0.15, -0.1) is 0 Å². The van der Waals surface area contributed by atoms with Gasteiger partial charge in [-0.2, -0.15) is 0 Å². The van der Waals surface area contributed by atoms with Crippen LogP contribution >= 0.6 is 0 Å². The van der Waals surface area contributed by atoms with E-state index in [-0.39, 0.29) is 11.6 Å². The van der Waals surface area contributed by atoms with Crippen molar-refractivity contribution in [3.05, 3.63) is 65.1 Å². The zero-order chi connectivity index (χ0) is 17.1. The quantitative estimate of drug-likeness (QED) is 0.639. The fraction of sp³-hybridized carbons (Fsp3) is 0.111. The van der Waals surface area contributed by atoms with Crippen molar-refractivity contribution in [1.82, 2.24) is 0 Å². The zero-order valence-electron chi connectivity index (χ0n) is 13.1. The van der Waals surface area contributed by atoms with E-state index in [0.717, 1.165) is 0 Å². The molecule has 1 aliphatic heterocycles. The van der Waals surface area contributed by atoms with E-state index in [0.29, 0.717) is 22.6 Å². The first-order valence-electron chi connectivity index (χ1n) is 7.10. The number of carbonyl (C=O) groups is 1. The molecule has 0 radical (unpaired) electrons. The summed E-state index contributed by atoms with van der Waals surface area (Å²) in [5, 5.41) is 0. The van der Waals surface area contributed by atoms with Gasteiger partial charge in [0, 0.05) is 11.6 Å². The van der Waals surface area contributed by atoms with Crippen LogP contribution in [0.4, 0.5) is 4.39 Å². The summed E-state index contributed by atoms with van der Waals surface area (Å²) < 4.78 is 28.8. The molecular formula is C18H14FNO4. The van der Waals surface area contributed by atoms with Gasteiger partial charge in [0.25, 0.3) is 0 Å². The standard InChI is InChI=1S/C18H14FNO4/c1-22-14-8-12(9-15(10-14)23-2)17-20-16(18(21)24-17)7-11-4-3-5-13(19)6-11/h3-10H,1-2H3/b16-7+. The highest BCUT2D eigenvalue weighted by molar-refractivity contribution is 6.13. The summed E-state index contributed by atoms with van der Waals surface area (Å²) in [4.78, 5) is 16.2. The molecule has 0 unspecified atom stereocenters. The first kappa shape index (κ1) is 15.7. The lowest BCUT2D eigenvalue weighted by molar-refractivity contribution is -0.129. The largest absolute Gasteiger partial charge is 0.497 e. The number of benzene rings is 2. The number of aliphatic imine (C=N–C) groups is 1. The van der Waals surface area contributed by atoms with E-state index in [1.54, 1.807) is 30.3 Å². The predicted molar refractivity (Wildman–Crippen MR) is 86.6 cm³/mol. The Kier molecular flexibility index (Phi) is 4.29. The number of halogens is 1. The maximum Gasteiger partial charge on any atom is 0.363 e. The van der Waals surface area contributed by atoms with Gasteiger partial charge in [-0.1, -0.05) is 12.1 Å². The molecule has 0 atom stereocenters. The number of rotatable bonds is 4. The van der Waals surface area contributed by atoms with Crippen molar-refractivity contribution in [3.8, 4) is 11.5 Å². The van der Waals surface area contributed by atoms with Gasteiger partial charge in [-0.25, -0.2) is 14.2 Å². The summed E-state index contributed by atoms with van der Waals surface area (Å²) in [5.74, 6) is 0.240. The lowest BCUT2D eigenvalue weighted by Gasteiger charge is -2.07. The Hall–Kier alpha value is -3.15. The molecule has 2 aromatic rings. The minimum Gasteiger partial charge on any atom is -0.497 e. The Morgan fingerprint density at radius 1 is 1.08 bits per heavy atom. The third-order valence-electron chi connectivity index (χ3n) is 3.37. The molecule has 0 bridgehead atoms. The van der Waals surface area contributed by atoms with E-state index in [1.807, 2.05) is 0 Å². The van der Waals surface area contributed by atoms with Gasteiger partial charge in [-0.05, 0) is 35.9 Å². The molecule has 3 rings (SSSR count). The molecule has 0 aromatic heterocycles. The minimum atomic E-state index is -0.601. The lowest BCUT2D eigenvalue weighted by Crippen LogP contribution is -2.06. The fourth-order valence-electron chi connectivity index (χ4n) is 2.22. The molecule has 0 saturated carbocycles. The Balaban J connectivity index is 1.97.